The molecule has 0 atom stereocenters. The van der Waals surface area contributed by atoms with E-state index in [0.717, 1.165) is 13.0 Å². The predicted octanol–water partition coefficient (Wildman–Crippen LogP) is 2.20. The molecule has 0 unspecified atom stereocenters. The molecular weight excluding hydrogens is 211 g/mol. The molecule has 0 aliphatic carbocycles. The Balaban J connectivity index is 3.39. The molecule has 0 amide bonds. The van der Waals surface area contributed by atoms with Gasteiger partial charge in [0.05, 0.1) is 5.56 Å². The van der Waals surface area contributed by atoms with Gasteiger partial charge in [0.15, 0.2) is 5.78 Å². The van der Waals surface area contributed by atoms with Gasteiger partial charge in [0.25, 0.3) is 0 Å². The molecule has 0 spiro atoms. The monoisotopic (exact) mass is 219 g/mol. The highest BCUT2D eigenvalue weighted by molar-refractivity contribution is 5.99. The van der Waals surface area contributed by atoms with E-state index >= 15 is 0 Å². The van der Waals surface area contributed by atoms with Crippen LogP contribution in [0.25, 0.3) is 0 Å². The summed E-state index contributed by atoms with van der Waals surface area (Å²) in [6, 6.07) is 1.27. The second kappa shape index (κ2) is 3.45. The van der Waals surface area contributed by atoms with E-state index in [1.54, 1.807) is 0 Å². The van der Waals surface area contributed by atoms with Gasteiger partial charge in [0.2, 0.25) is 0 Å². The molecule has 0 saturated carbocycles. The largest absolute Gasteiger partial charge is 0.507 e. The number of aromatic hydroxyl groups is 1. The molecule has 0 aliphatic heterocycles. The van der Waals surface area contributed by atoms with Crippen LogP contribution in [0.2, 0.25) is 0 Å². The van der Waals surface area contributed by atoms with Crippen molar-refractivity contribution >= 4 is 11.5 Å². The predicted molar refractivity (Wildman–Crippen MR) is 47.5 cm³/mol. The number of hydrogen-bond donors (Lipinski definition) is 2. The second-order valence-corrected chi connectivity index (χ2v) is 3.01. The quantitative estimate of drug-likeness (QED) is 0.432. The minimum atomic E-state index is -4.69. The number of phenolic OH excluding ortho intramolecular Hbond substituents is 1. The summed E-state index contributed by atoms with van der Waals surface area (Å²) >= 11 is 0. The maximum Gasteiger partial charge on any atom is 0.420 e. The molecule has 1 aromatic rings. The Morgan fingerprint density at radius 2 is 1.93 bits per heavy atom. The standard InChI is InChI=1S/C9H8F3NO2/c1-4(14)5-2-8(15)6(3-7(5)13)9(10,11)12/h2-3,15H,13H2,1H3. The van der Waals surface area contributed by atoms with Crippen molar-refractivity contribution in [2.24, 2.45) is 0 Å². The van der Waals surface area contributed by atoms with Gasteiger partial charge in [-0.25, -0.2) is 0 Å². The van der Waals surface area contributed by atoms with Gasteiger partial charge in [-0.2, -0.15) is 13.2 Å². The summed E-state index contributed by atoms with van der Waals surface area (Å²) in [7, 11) is 0. The molecule has 1 rings (SSSR count). The molecule has 0 radical (unpaired) electrons. The van der Waals surface area contributed by atoms with Gasteiger partial charge in [0.1, 0.15) is 5.75 Å². The fourth-order valence-electron chi connectivity index (χ4n) is 1.14. The Morgan fingerprint density at radius 3 is 2.33 bits per heavy atom. The number of ketones is 1. The Bertz CT molecular complexity index is 413. The van der Waals surface area contributed by atoms with Crippen molar-refractivity contribution in [3.8, 4) is 5.75 Å². The molecule has 6 heteroatoms. The van der Waals surface area contributed by atoms with Crippen LogP contribution in [-0.2, 0) is 6.18 Å². The highest BCUT2D eigenvalue weighted by Crippen LogP contribution is 2.38. The van der Waals surface area contributed by atoms with Gasteiger partial charge < -0.3 is 10.8 Å². The Kier molecular flexibility index (Phi) is 2.61. The molecule has 0 fully saturated rings. The van der Waals surface area contributed by atoms with Gasteiger partial charge >= 0.3 is 6.18 Å². The average molecular weight is 219 g/mol. The summed E-state index contributed by atoms with van der Waals surface area (Å²) < 4.78 is 36.8. The van der Waals surface area contributed by atoms with Crippen LogP contribution in [-0.4, -0.2) is 10.9 Å². The molecule has 3 nitrogen and oxygen atoms in total. The summed E-state index contributed by atoms with van der Waals surface area (Å²) in [6.07, 6.45) is -4.69. The highest BCUT2D eigenvalue weighted by Gasteiger charge is 2.34. The number of carbonyl (C=O) groups excluding carboxylic acids is 1. The number of halogens is 3. The van der Waals surface area contributed by atoms with Gasteiger partial charge in [0, 0.05) is 11.3 Å². The van der Waals surface area contributed by atoms with Crippen molar-refractivity contribution < 1.29 is 23.1 Å². The molecular formula is C9H8F3NO2. The van der Waals surface area contributed by atoms with Crippen LogP contribution in [0.15, 0.2) is 12.1 Å². The van der Waals surface area contributed by atoms with Gasteiger partial charge in [-0.3, -0.25) is 4.79 Å². The molecule has 0 heterocycles. The summed E-state index contributed by atoms with van der Waals surface area (Å²) in [4.78, 5) is 10.9. The SMILES string of the molecule is CC(=O)c1cc(O)c(C(F)(F)F)cc1N. The lowest BCUT2D eigenvalue weighted by Gasteiger charge is -2.11. The molecule has 82 valence electrons. The zero-order valence-electron chi connectivity index (χ0n) is 7.72. The van der Waals surface area contributed by atoms with Crippen molar-refractivity contribution in [1.82, 2.24) is 0 Å². The van der Waals surface area contributed by atoms with Crippen LogP contribution >= 0.6 is 0 Å². The first-order valence-corrected chi connectivity index (χ1v) is 3.94. The number of hydrogen-bond acceptors (Lipinski definition) is 3. The van der Waals surface area contributed by atoms with Crippen LogP contribution < -0.4 is 5.73 Å². The smallest absolute Gasteiger partial charge is 0.420 e. The number of phenols is 1. The van der Waals surface area contributed by atoms with E-state index in [1.165, 1.54) is 0 Å². The van der Waals surface area contributed by atoms with Gasteiger partial charge in [-0.05, 0) is 19.1 Å². The number of nitrogen functional groups attached to an aromatic ring is 1. The van der Waals surface area contributed by atoms with E-state index in [0.29, 0.717) is 6.07 Å². The molecule has 0 aromatic heterocycles. The Morgan fingerprint density at radius 1 is 1.40 bits per heavy atom. The fraction of sp³-hybridized carbons (Fsp3) is 0.222. The van der Waals surface area contributed by atoms with Crippen LogP contribution in [0.3, 0.4) is 0 Å². The minimum Gasteiger partial charge on any atom is -0.507 e. The van der Waals surface area contributed by atoms with Crippen molar-refractivity contribution in [1.29, 1.82) is 0 Å². The number of nitrogens with two attached hydrogens (primary N) is 1. The van der Waals surface area contributed by atoms with E-state index < -0.39 is 23.3 Å². The number of alkyl halides is 3. The van der Waals surface area contributed by atoms with Crippen LogP contribution in [0.1, 0.15) is 22.8 Å². The van der Waals surface area contributed by atoms with E-state index in [2.05, 4.69) is 0 Å². The van der Waals surface area contributed by atoms with Crippen molar-refractivity contribution in [2.75, 3.05) is 5.73 Å². The van der Waals surface area contributed by atoms with Gasteiger partial charge in [-0.1, -0.05) is 0 Å². The molecule has 0 aliphatic rings. The van der Waals surface area contributed by atoms with Crippen LogP contribution in [0.5, 0.6) is 5.75 Å². The third-order valence-corrected chi connectivity index (χ3v) is 1.85. The summed E-state index contributed by atoms with van der Waals surface area (Å²) in [5.74, 6) is -1.50. The van der Waals surface area contributed by atoms with Crippen LogP contribution in [0.4, 0.5) is 18.9 Å². The minimum absolute atomic E-state index is 0.125. The zero-order valence-corrected chi connectivity index (χ0v) is 7.72. The molecule has 1 aromatic carbocycles. The van der Waals surface area contributed by atoms with E-state index in [9.17, 15) is 18.0 Å². The number of rotatable bonds is 1. The first kappa shape index (κ1) is 11.4. The van der Waals surface area contributed by atoms with E-state index in [-0.39, 0.29) is 11.3 Å². The number of Topliss-reactive ketones (excluding diaryl/α,β-unsaturated/α-hetero) is 1. The number of carbonyl (C=O) groups is 1. The normalized spacial score (nSPS) is 11.5. The summed E-state index contributed by atoms with van der Waals surface area (Å²) in [5, 5.41) is 9.07. The van der Waals surface area contributed by atoms with E-state index in [1.807, 2.05) is 0 Å². The first-order chi connectivity index (χ1) is 6.73. The Labute approximate surface area is 83.3 Å². The maximum atomic E-state index is 12.3. The average Bonchev–Trinajstić information content (AvgIpc) is 2.06. The van der Waals surface area contributed by atoms with Crippen molar-refractivity contribution in [3.63, 3.8) is 0 Å². The third kappa shape index (κ3) is 2.20. The van der Waals surface area contributed by atoms with Crippen molar-refractivity contribution in [3.05, 3.63) is 23.3 Å². The first-order valence-electron chi connectivity index (χ1n) is 3.94. The summed E-state index contributed by atoms with van der Waals surface area (Å²) in [5.41, 5.74) is 3.59. The molecule has 0 saturated heterocycles. The zero-order chi connectivity index (χ0) is 11.8. The summed E-state index contributed by atoms with van der Waals surface area (Å²) in [6.45, 7) is 1.15. The number of anilines is 1. The van der Waals surface area contributed by atoms with E-state index in [4.69, 9.17) is 10.8 Å². The van der Waals surface area contributed by atoms with Crippen LogP contribution in [0, 0.1) is 0 Å². The molecule has 15 heavy (non-hydrogen) atoms. The second-order valence-electron chi connectivity index (χ2n) is 3.01. The lowest BCUT2D eigenvalue weighted by atomic mass is 10.0. The Hall–Kier alpha value is -1.72. The molecule has 3 N–H and O–H groups in total. The van der Waals surface area contributed by atoms with Gasteiger partial charge in [-0.15, -0.1) is 0 Å². The topological polar surface area (TPSA) is 63.3 Å². The third-order valence-electron chi connectivity index (χ3n) is 1.85. The lowest BCUT2D eigenvalue weighted by Crippen LogP contribution is -2.08. The van der Waals surface area contributed by atoms with Crippen molar-refractivity contribution in [2.45, 2.75) is 13.1 Å². The molecule has 0 bridgehead atoms. The lowest BCUT2D eigenvalue weighted by molar-refractivity contribution is -0.138. The number of benzene rings is 1. The maximum absolute atomic E-state index is 12.3. The fourth-order valence-corrected chi connectivity index (χ4v) is 1.14. The highest BCUT2D eigenvalue weighted by atomic mass is 19.4.